The molecule has 33 heavy (non-hydrogen) atoms. The van der Waals surface area contributed by atoms with Gasteiger partial charge in [0.25, 0.3) is 0 Å². The van der Waals surface area contributed by atoms with Crippen molar-refractivity contribution in [1.82, 2.24) is 10.3 Å². The van der Waals surface area contributed by atoms with Gasteiger partial charge in [0, 0.05) is 18.7 Å². The Morgan fingerprint density at radius 1 is 1.09 bits per heavy atom. The Hall–Kier alpha value is -2.11. The number of carbonyl (C=O) groups excluding carboxylic acids is 1. The Balaban J connectivity index is 1.09. The minimum Gasteiger partial charge on any atom is -0.480 e. The SMILES string of the molecule is O=C(CC1CC2CCC1CC2)NC(CCCCCCCc1ccc2c(n1)NCCC2)C(=O)O. The van der Waals surface area contributed by atoms with Crippen molar-refractivity contribution >= 4 is 17.7 Å². The van der Waals surface area contributed by atoms with Crippen molar-refractivity contribution in [2.75, 3.05) is 11.9 Å². The summed E-state index contributed by atoms with van der Waals surface area (Å²) in [4.78, 5) is 28.9. The van der Waals surface area contributed by atoms with Crippen molar-refractivity contribution in [3.05, 3.63) is 23.4 Å². The highest BCUT2D eigenvalue weighted by molar-refractivity contribution is 5.83. The molecule has 1 amide bonds. The molecule has 3 N–H and O–H groups in total. The van der Waals surface area contributed by atoms with Crippen LogP contribution in [0.25, 0.3) is 0 Å². The molecular weight excluding hydrogens is 414 g/mol. The lowest BCUT2D eigenvalue weighted by Crippen LogP contribution is -2.43. The summed E-state index contributed by atoms with van der Waals surface area (Å²) in [6.45, 7) is 1.02. The average Bonchev–Trinajstić information content (AvgIpc) is 2.83. The van der Waals surface area contributed by atoms with Crippen LogP contribution in [0.1, 0.15) is 94.7 Å². The van der Waals surface area contributed by atoms with E-state index in [1.54, 1.807) is 0 Å². The first-order chi connectivity index (χ1) is 16.1. The number of carboxylic acids is 1. The molecule has 3 aliphatic carbocycles. The molecule has 1 aromatic rings. The summed E-state index contributed by atoms with van der Waals surface area (Å²) in [6.07, 6.45) is 15.8. The molecule has 2 unspecified atom stereocenters. The Morgan fingerprint density at radius 2 is 1.88 bits per heavy atom. The van der Waals surface area contributed by atoms with E-state index in [2.05, 4.69) is 22.8 Å². The summed E-state index contributed by atoms with van der Waals surface area (Å²) < 4.78 is 0. The van der Waals surface area contributed by atoms with Gasteiger partial charge in [0.05, 0.1) is 0 Å². The first-order valence-electron chi connectivity index (χ1n) is 13.3. The lowest BCUT2D eigenvalue weighted by molar-refractivity contribution is -0.142. The standard InChI is InChI=1S/C27H41N3O3/c31-25(18-22-17-19-10-12-20(22)13-11-19)30-24(27(32)33)9-5-3-1-2-4-8-23-15-14-21-7-6-16-28-26(21)29-23/h14-15,19-20,22,24H,1-13,16-18H2,(H,28,29)(H,30,31)(H,32,33). The molecule has 1 aromatic heterocycles. The number of carboxylic acid groups (broad SMARTS) is 1. The van der Waals surface area contributed by atoms with Crippen LogP contribution in [-0.2, 0) is 22.4 Å². The second kappa shape index (κ2) is 11.8. The lowest BCUT2D eigenvalue weighted by Gasteiger charge is -2.42. The van der Waals surface area contributed by atoms with Gasteiger partial charge in [-0.2, -0.15) is 0 Å². The molecule has 2 heterocycles. The molecule has 6 heteroatoms. The van der Waals surface area contributed by atoms with Gasteiger partial charge in [0.15, 0.2) is 0 Å². The number of aliphatic carboxylic acids is 1. The second-order valence-corrected chi connectivity index (χ2v) is 10.6. The van der Waals surface area contributed by atoms with Gasteiger partial charge < -0.3 is 15.7 Å². The number of aryl methyl sites for hydroxylation is 2. The van der Waals surface area contributed by atoms with Crippen molar-refractivity contribution in [3.8, 4) is 0 Å². The van der Waals surface area contributed by atoms with Crippen LogP contribution in [0.15, 0.2) is 12.1 Å². The highest BCUT2D eigenvalue weighted by Gasteiger charge is 2.36. The average molecular weight is 456 g/mol. The molecule has 5 rings (SSSR count). The van der Waals surface area contributed by atoms with E-state index in [-0.39, 0.29) is 5.91 Å². The maximum Gasteiger partial charge on any atom is 0.326 e. The molecule has 3 saturated carbocycles. The van der Waals surface area contributed by atoms with Crippen molar-refractivity contribution in [3.63, 3.8) is 0 Å². The molecule has 4 aliphatic rings. The van der Waals surface area contributed by atoms with Gasteiger partial charge in [-0.1, -0.05) is 44.6 Å². The zero-order chi connectivity index (χ0) is 23.0. The third-order valence-electron chi connectivity index (χ3n) is 8.15. The van der Waals surface area contributed by atoms with Gasteiger partial charge in [-0.05, 0) is 80.8 Å². The molecule has 0 aromatic carbocycles. The van der Waals surface area contributed by atoms with Crippen LogP contribution in [0, 0.1) is 17.8 Å². The maximum absolute atomic E-state index is 12.5. The summed E-state index contributed by atoms with van der Waals surface area (Å²) in [5.41, 5.74) is 2.49. The molecule has 2 atom stereocenters. The number of amides is 1. The predicted molar refractivity (Wildman–Crippen MR) is 130 cm³/mol. The van der Waals surface area contributed by atoms with E-state index >= 15 is 0 Å². The molecule has 3 fully saturated rings. The number of hydrogen-bond donors (Lipinski definition) is 3. The molecule has 0 spiro atoms. The molecule has 1 aliphatic heterocycles. The van der Waals surface area contributed by atoms with Crippen molar-refractivity contribution in [1.29, 1.82) is 0 Å². The van der Waals surface area contributed by atoms with Crippen LogP contribution in [0.3, 0.4) is 0 Å². The number of pyridine rings is 1. The summed E-state index contributed by atoms with van der Waals surface area (Å²) in [7, 11) is 0. The van der Waals surface area contributed by atoms with E-state index in [0.29, 0.717) is 24.7 Å². The first-order valence-corrected chi connectivity index (χ1v) is 13.3. The quantitative estimate of drug-likeness (QED) is 0.381. The van der Waals surface area contributed by atoms with Gasteiger partial charge in [-0.3, -0.25) is 4.79 Å². The van der Waals surface area contributed by atoms with Gasteiger partial charge in [-0.15, -0.1) is 0 Å². The number of hydrogen-bond acceptors (Lipinski definition) is 4. The maximum atomic E-state index is 12.5. The number of nitrogens with zero attached hydrogens (tertiary/aromatic N) is 1. The van der Waals surface area contributed by atoms with Gasteiger partial charge in [0.1, 0.15) is 11.9 Å². The summed E-state index contributed by atoms with van der Waals surface area (Å²) >= 11 is 0. The van der Waals surface area contributed by atoms with Crippen LogP contribution in [0.4, 0.5) is 5.82 Å². The van der Waals surface area contributed by atoms with Gasteiger partial charge in [-0.25, -0.2) is 9.78 Å². The molecule has 0 saturated heterocycles. The van der Waals surface area contributed by atoms with E-state index in [0.717, 1.165) is 75.3 Å². The van der Waals surface area contributed by atoms with Crippen LogP contribution in [0.2, 0.25) is 0 Å². The van der Waals surface area contributed by atoms with Crippen molar-refractivity contribution in [2.45, 2.75) is 102 Å². The molecular formula is C27H41N3O3. The van der Waals surface area contributed by atoms with Gasteiger partial charge in [0.2, 0.25) is 5.91 Å². The van der Waals surface area contributed by atoms with E-state index in [4.69, 9.17) is 4.98 Å². The Bertz CT molecular complexity index is 804. The van der Waals surface area contributed by atoms with Crippen LogP contribution >= 0.6 is 0 Å². The summed E-state index contributed by atoms with van der Waals surface area (Å²) in [5.74, 6) is 2.04. The largest absolute Gasteiger partial charge is 0.480 e. The number of nitrogens with one attached hydrogen (secondary N) is 2. The van der Waals surface area contributed by atoms with Crippen LogP contribution in [-0.4, -0.2) is 34.6 Å². The minimum atomic E-state index is -0.902. The fourth-order valence-corrected chi connectivity index (χ4v) is 6.21. The lowest BCUT2D eigenvalue weighted by atomic mass is 9.64. The van der Waals surface area contributed by atoms with Crippen molar-refractivity contribution < 1.29 is 14.7 Å². The molecule has 182 valence electrons. The fraction of sp³-hybridized carbons (Fsp3) is 0.741. The predicted octanol–water partition coefficient (Wildman–Crippen LogP) is 5.11. The van der Waals surface area contributed by atoms with E-state index < -0.39 is 12.0 Å². The molecule has 6 nitrogen and oxygen atoms in total. The van der Waals surface area contributed by atoms with Crippen LogP contribution < -0.4 is 10.6 Å². The second-order valence-electron chi connectivity index (χ2n) is 10.6. The number of unbranched alkanes of at least 4 members (excludes halogenated alkanes) is 4. The van der Waals surface area contributed by atoms with E-state index in [1.165, 1.54) is 37.7 Å². The van der Waals surface area contributed by atoms with Crippen LogP contribution in [0.5, 0.6) is 0 Å². The summed E-state index contributed by atoms with van der Waals surface area (Å²) in [5, 5.41) is 15.8. The van der Waals surface area contributed by atoms with Gasteiger partial charge >= 0.3 is 5.97 Å². The number of aromatic nitrogens is 1. The number of fused-ring (bicyclic) bond motifs is 4. The Labute approximate surface area is 198 Å². The topological polar surface area (TPSA) is 91.3 Å². The molecule has 0 radical (unpaired) electrons. The van der Waals surface area contributed by atoms with Crippen molar-refractivity contribution in [2.24, 2.45) is 17.8 Å². The third-order valence-corrected chi connectivity index (χ3v) is 8.15. The number of carbonyl (C=O) groups is 2. The number of anilines is 1. The third kappa shape index (κ3) is 6.94. The Kier molecular flexibility index (Phi) is 8.63. The fourth-order valence-electron chi connectivity index (χ4n) is 6.21. The summed E-state index contributed by atoms with van der Waals surface area (Å²) in [6, 6.07) is 3.62. The minimum absolute atomic E-state index is 0.0630. The van der Waals surface area contributed by atoms with E-state index in [1.807, 2.05) is 0 Å². The monoisotopic (exact) mass is 455 g/mol. The number of rotatable bonds is 12. The zero-order valence-electron chi connectivity index (χ0n) is 20.0. The highest BCUT2D eigenvalue weighted by Crippen LogP contribution is 2.46. The zero-order valence-corrected chi connectivity index (χ0v) is 20.0. The molecule has 2 bridgehead atoms. The van der Waals surface area contributed by atoms with E-state index in [9.17, 15) is 14.7 Å². The first kappa shape index (κ1) is 24.0. The normalized spacial score (nSPS) is 24.5. The smallest absolute Gasteiger partial charge is 0.326 e. The Morgan fingerprint density at radius 3 is 2.64 bits per heavy atom. The highest BCUT2D eigenvalue weighted by atomic mass is 16.4.